The first kappa shape index (κ1) is 17.9. The molecule has 1 amide bonds. The van der Waals surface area contributed by atoms with Gasteiger partial charge >= 0.3 is 12.1 Å². The van der Waals surface area contributed by atoms with Crippen LogP contribution < -0.4 is 5.32 Å². The number of benzene rings is 2. The molecule has 2 aromatic rings. The quantitative estimate of drug-likeness (QED) is 0.740. The summed E-state index contributed by atoms with van der Waals surface area (Å²) in [6.45, 7) is 1.82. The normalized spacial score (nSPS) is 14.8. The Morgan fingerprint density at radius 2 is 1.62 bits per heavy atom. The van der Waals surface area contributed by atoms with Gasteiger partial charge in [0.2, 0.25) is 0 Å². The number of ether oxygens (including phenoxy) is 1. The van der Waals surface area contributed by atoms with Crippen molar-refractivity contribution in [1.29, 1.82) is 0 Å². The molecule has 3 N–H and O–H groups in total. The molecule has 0 aromatic heterocycles. The number of rotatable bonds is 6. The molecule has 1 aliphatic carbocycles. The van der Waals surface area contributed by atoms with Crippen LogP contribution in [0.4, 0.5) is 4.79 Å². The fourth-order valence-electron chi connectivity index (χ4n) is 3.37. The molecule has 26 heavy (non-hydrogen) atoms. The van der Waals surface area contributed by atoms with Crippen molar-refractivity contribution in [2.75, 3.05) is 6.61 Å². The summed E-state index contributed by atoms with van der Waals surface area (Å²) in [5, 5.41) is 20.9. The minimum atomic E-state index is -1.67. The van der Waals surface area contributed by atoms with Crippen molar-refractivity contribution in [1.82, 2.24) is 5.32 Å². The van der Waals surface area contributed by atoms with Gasteiger partial charge in [0.05, 0.1) is 6.04 Å². The van der Waals surface area contributed by atoms with Crippen molar-refractivity contribution in [2.24, 2.45) is 0 Å². The summed E-state index contributed by atoms with van der Waals surface area (Å²) < 4.78 is 5.35. The van der Waals surface area contributed by atoms with E-state index in [2.05, 4.69) is 5.32 Å². The first-order valence-corrected chi connectivity index (χ1v) is 8.55. The number of hydrogen-bond donors (Lipinski definition) is 3. The van der Waals surface area contributed by atoms with Crippen LogP contribution in [-0.2, 0) is 9.53 Å². The van der Waals surface area contributed by atoms with E-state index in [1.165, 1.54) is 0 Å². The van der Waals surface area contributed by atoms with E-state index >= 15 is 0 Å². The predicted molar refractivity (Wildman–Crippen MR) is 95.9 cm³/mol. The number of carboxylic acid groups (broad SMARTS) is 1. The first-order valence-electron chi connectivity index (χ1n) is 8.55. The monoisotopic (exact) mass is 355 g/mol. The van der Waals surface area contributed by atoms with E-state index in [4.69, 9.17) is 9.84 Å². The van der Waals surface area contributed by atoms with E-state index in [-0.39, 0.29) is 18.9 Å². The molecule has 1 unspecified atom stereocenters. The molecule has 0 saturated carbocycles. The van der Waals surface area contributed by atoms with Gasteiger partial charge in [-0.05, 0) is 28.7 Å². The number of fused-ring (bicyclic) bond motifs is 3. The third-order valence-electron chi connectivity index (χ3n) is 4.72. The van der Waals surface area contributed by atoms with Gasteiger partial charge in [-0.25, -0.2) is 9.59 Å². The van der Waals surface area contributed by atoms with Gasteiger partial charge in [-0.2, -0.15) is 0 Å². The van der Waals surface area contributed by atoms with Crippen LogP contribution in [0, 0.1) is 0 Å². The molecular formula is C20H21NO5. The molecule has 6 nitrogen and oxygen atoms in total. The van der Waals surface area contributed by atoms with Crippen LogP contribution in [0.2, 0.25) is 0 Å². The second-order valence-corrected chi connectivity index (χ2v) is 6.27. The molecule has 136 valence electrons. The molecule has 0 aliphatic heterocycles. The smallest absolute Gasteiger partial charge is 0.407 e. The molecule has 1 aliphatic rings. The molecule has 0 radical (unpaired) electrons. The summed E-state index contributed by atoms with van der Waals surface area (Å²) in [4.78, 5) is 23.0. The largest absolute Gasteiger partial charge is 0.479 e. The summed E-state index contributed by atoms with van der Waals surface area (Å²) in [6, 6.07) is 15.1. The van der Waals surface area contributed by atoms with Gasteiger partial charge in [-0.1, -0.05) is 55.5 Å². The van der Waals surface area contributed by atoms with Crippen LogP contribution in [0.1, 0.15) is 30.4 Å². The maximum absolute atomic E-state index is 12.1. The molecule has 0 heterocycles. The maximum atomic E-state index is 12.1. The lowest BCUT2D eigenvalue weighted by atomic mass is 9.98. The van der Waals surface area contributed by atoms with Crippen molar-refractivity contribution in [3.05, 3.63) is 59.7 Å². The third kappa shape index (κ3) is 3.41. The molecule has 0 spiro atoms. The summed E-state index contributed by atoms with van der Waals surface area (Å²) in [7, 11) is 0. The zero-order valence-corrected chi connectivity index (χ0v) is 14.4. The van der Waals surface area contributed by atoms with Crippen molar-refractivity contribution in [3.63, 3.8) is 0 Å². The highest BCUT2D eigenvalue weighted by Gasteiger charge is 2.30. The van der Waals surface area contributed by atoms with Gasteiger partial charge in [-0.15, -0.1) is 0 Å². The highest BCUT2D eigenvalue weighted by molar-refractivity contribution is 5.79. The van der Waals surface area contributed by atoms with Crippen LogP contribution >= 0.6 is 0 Å². The van der Waals surface area contributed by atoms with Gasteiger partial charge < -0.3 is 20.3 Å². The lowest BCUT2D eigenvalue weighted by molar-refractivity contribution is -0.148. The Hall–Kier alpha value is -2.86. The zero-order chi connectivity index (χ0) is 18.7. The molecule has 6 heteroatoms. The van der Waals surface area contributed by atoms with E-state index in [9.17, 15) is 14.7 Å². The molecular weight excluding hydrogens is 334 g/mol. The Bertz CT molecular complexity index is 774. The van der Waals surface area contributed by atoms with Crippen LogP contribution in [0.25, 0.3) is 11.1 Å². The van der Waals surface area contributed by atoms with Crippen molar-refractivity contribution in [3.8, 4) is 11.1 Å². The van der Waals surface area contributed by atoms with E-state index in [1.807, 2.05) is 48.5 Å². The second kappa shape index (κ2) is 7.58. The summed E-state index contributed by atoms with van der Waals surface area (Å²) >= 11 is 0. The number of carbonyl (C=O) groups is 2. The average molecular weight is 355 g/mol. The molecule has 2 aromatic carbocycles. The summed E-state index contributed by atoms with van der Waals surface area (Å²) in [5.74, 6) is -1.45. The standard InChI is InChI=1S/C20H21NO5/c1-2-17(18(22)19(23)24)21-20(25)26-11-16-14-9-5-3-7-12(14)13-8-4-6-10-15(13)16/h3-10,16-18,22H,2,11H2,1H3,(H,21,25)(H,23,24)/t17-,18?/m0/s1. The molecule has 0 fully saturated rings. The van der Waals surface area contributed by atoms with Crippen LogP contribution in [0.5, 0.6) is 0 Å². The van der Waals surface area contributed by atoms with E-state index in [1.54, 1.807) is 6.92 Å². The van der Waals surface area contributed by atoms with Gasteiger partial charge in [-0.3, -0.25) is 0 Å². The van der Waals surface area contributed by atoms with Crippen molar-refractivity contribution >= 4 is 12.1 Å². The number of hydrogen-bond acceptors (Lipinski definition) is 4. The Kier molecular flexibility index (Phi) is 5.23. The number of carboxylic acids is 1. The van der Waals surface area contributed by atoms with E-state index in [0.29, 0.717) is 0 Å². The number of nitrogens with one attached hydrogen (secondary N) is 1. The van der Waals surface area contributed by atoms with Crippen LogP contribution in [0.15, 0.2) is 48.5 Å². The Morgan fingerprint density at radius 3 is 2.12 bits per heavy atom. The number of alkyl carbamates (subject to hydrolysis) is 1. The Labute approximate surface area is 151 Å². The Balaban J connectivity index is 1.70. The zero-order valence-electron chi connectivity index (χ0n) is 14.4. The highest BCUT2D eigenvalue weighted by atomic mass is 16.5. The Morgan fingerprint density at radius 1 is 1.08 bits per heavy atom. The number of aliphatic hydroxyl groups excluding tert-OH is 1. The fraction of sp³-hybridized carbons (Fsp3) is 0.300. The topological polar surface area (TPSA) is 95.9 Å². The highest BCUT2D eigenvalue weighted by Crippen LogP contribution is 2.44. The number of amides is 1. The van der Waals surface area contributed by atoms with Gasteiger partial charge in [0.1, 0.15) is 6.61 Å². The number of carbonyl (C=O) groups excluding carboxylic acids is 1. The summed E-state index contributed by atoms with van der Waals surface area (Å²) in [6.07, 6.45) is -2.13. The van der Waals surface area contributed by atoms with E-state index in [0.717, 1.165) is 22.3 Å². The molecule has 0 saturated heterocycles. The lowest BCUT2D eigenvalue weighted by Crippen LogP contribution is -2.46. The number of aliphatic carboxylic acids is 1. The van der Waals surface area contributed by atoms with Crippen LogP contribution in [0.3, 0.4) is 0 Å². The van der Waals surface area contributed by atoms with Gasteiger partial charge in [0.15, 0.2) is 6.10 Å². The predicted octanol–water partition coefficient (Wildman–Crippen LogP) is 2.75. The van der Waals surface area contributed by atoms with Gasteiger partial charge in [0.25, 0.3) is 0 Å². The maximum Gasteiger partial charge on any atom is 0.407 e. The van der Waals surface area contributed by atoms with Crippen molar-refractivity contribution < 1.29 is 24.5 Å². The summed E-state index contributed by atoms with van der Waals surface area (Å²) in [5.41, 5.74) is 4.45. The number of aliphatic hydroxyl groups is 1. The third-order valence-corrected chi connectivity index (χ3v) is 4.72. The molecule has 3 rings (SSSR count). The second-order valence-electron chi connectivity index (χ2n) is 6.27. The minimum absolute atomic E-state index is 0.0716. The fourth-order valence-corrected chi connectivity index (χ4v) is 3.37. The first-order chi connectivity index (χ1) is 12.5. The minimum Gasteiger partial charge on any atom is -0.479 e. The molecule has 2 atom stereocenters. The lowest BCUT2D eigenvalue weighted by Gasteiger charge is -2.20. The van der Waals surface area contributed by atoms with E-state index < -0.39 is 24.2 Å². The molecule has 0 bridgehead atoms. The SMILES string of the molecule is CC[C@H](NC(=O)OCC1c2ccccc2-c2ccccc21)C(O)C(=O)O. The average Bonchev–Trinajstić information content (AvgIpc) is 2.98. The van der Waals surface area contributed by atoms with Gasteiger partial charge in [0, 0.05) is 5.92 Å². The van der Waals surface area contributed by atoms with Crippen LogP contribution in [-0.4, -0.2) is 41.0 Å². The van der Waals surface area contributed by atoms with Crippen molar-refractivity contribution in [2.45, 2.75) is 31.4 Å².